The molecule has 3 rings (SSSR count). The summed E-state index contributed by atoms with van der Waals surface area (Å²) < 4.78 is 23.0. The molecule has 4 amide bonds. The van der Waals surface area contributed by atoms with E-state index in [2.05, 4.69) is 21.3 Å². The van der Waals surface area contributed by atoms with Gasteiger partial charge in [0.25, 0.3) is 0 Å². The summed E-state index contributed by atoms with van der Waals surface area (Å²) in [5, 5.41) is 84.3. The van der Waals surface area contributed by atoms with Gasteiger partial charge in [-0.2, -0.15) is 0 Å². The lowest BCUT2D eigenvalue weighted by atomic mass is 9.83. The molecule has 0 spiro atoms. The molecule has 45 heavy (non-hydrogen) atoms. The third kappa shape index (κ3) is 9.04. The summed E-state index contributed by atoms with van der Waals surface area (Å²) in [7, 11) is 0. The molecular formula is C26H44N4O15. The topological polar surface area (TPSA) is 295 Å². The molecule has 15 atom stereocenters. The first-order valence-corrected chi connectivity index (χ1v) is 14.4. The Balaban J connectivity index is 1.93. The number of aliphatic hydroxyl groups is 7. The normalized spacial score (nSPS) is 41.9. The molecule has 11 N–H and O–H groups in total. The summed E-state index contributed by atoms with van der Waals surface area (Å²) in [6, 6.07) is -3.50. The highest BCUT2D eigenvalue weighted by Gasteiger charge is 2.53. The number of carbonyl (C=O) groups excluding carboxylic acids is 4. The largest absolute Gasteiger partial charge is 0.394 e. The van der Waals surface area contributed by atoms with E-state index in [9.17, 15) is 54.9 Å². The Morgan fingerprint density at radius 3 is 1.58 bits per heavy atom. The molecule has 0 unspecified atom stereocenters. The van der Waals surface area contributed by atoms with Gasteiger partial charge in [-0.15, -0.1) is 0 Å². The molecule has 3 fully saturated rings. The number of hydrogen-bond donors (Lipinski definition) is 11. The van der Waals surface area contributed by atoms with Crippen molar-refractivity contribution in [2.75, 3.05) is 13.2 Å². The lowest BCUT2D eigenvalue weighted by molar-refractivity contribution is -0.334. The molecule has 2 saturated heterocycles. The molecule has 2 heterocycles. The van der Waals surface area contributed by atoms with E-state index in [1.807, 2.05) is 0 Å². The Kier molecular flexibility index (Phi) is 13.0. The Labute approximate surface area is 258 Å². The van der Waals surface area contributed by atoms with Gasteiger partial charge in [-0.25, -0.2) is 0 Å². The minimum absolute atomic E-state index is 0.154. The van der Waals surface area contributed by atoms with E-state index in [4.69, 9.17) is 18.9 Å². The average molecular weight is 653 g/mol. The fraction of sp³-hybridized carbons (Fsp3) is 0.846. The van der Waals surface area contributed by atoms with E-state index in [0.717, 1.165) is 6.92 Å². The van der Waals surface area contributed by atoms with Crippen LogP contribution >= 0.6 is 0 Å². The molecule has 0 aromatic heterocycles. The molecule has 19 heteroatoms. The maximum atomic E-state index is 12.1. The predicted molar refractivity (Wildman–Crippen MR) is 146 cm³/mol. The number of rotatable bonds is 10. The van der Waals surface area contributed by atoms with Crippen molar-refractivity contribution < 1.29 is 73.9 Å². The van der Waals surface area contributed by atoms with Gasteiger partial charge in [-0.05, 0) is 6.42 Å². The molecule has 3 aliphatic rings. The van der Waals surface area contributed by atoms with Crippen molar-refractivity contribution in [1.29, 1.82) is 0 Å². The second-order valence-electron chi connectivity index (χ2n) is 11.4. The van der Waals surface area contributed by atoms with E-state index in [1.165, 1.54) is 20.8 Å². The lowest BCUT2D eigenvalue weighted by Crippen LogP contribution is -2.70. The zero-order valence-electron chi connectivity index (χ0n) is 25.2. The van der Waals surface area contributed by atoms with E-state index >= 15 is 0 Å². The van der Waals surface area contributed by atoms with Crippen molar-refractivity contribution in [3.05, 3.63) is 0 Å². The Morgan fingerprint density at radius 1 is 0.622 bits per heavy atom. The number of nitrogens with one attached hydrogen (secondary N) is 4. The first-order chi connectivity index (χ1) is 21.0. The van der Waals surface area contributed by atoms with Crippen LogP contribution in [0.4, 0.5) is 0 Å². The summed E-state index contributed by atoms with van der Waals surface area (Å²) in [5.74, 6) is -2.21. The molecule has 0 aromatic carbocycles. The van der Waals surface area contributed by atoms with Crippen LogP contribution in [0.1, 0.15) is 34.1 Å². The van der Waals surface area contributed by atoms with Crippen LogP contribution in [0.25, 0.3) is 0 Å². The van der Waals surface area contributed by atoms with Crippen molar-refractivity contribution in [1.82, 2.24) is 21.3 Å². The van der Waals surface area contributed by atoms with Gasteiger partial charge in [0.15, 0.2) is 12.6 Å². The zero-order valence-corrected chi connectivity index (χ0v) is 25.2. The smallest absolute Gasteiger partial charge is 0.217 e. The first-order valence-electron chi connectivity index (χ1n) is 14.4. The van der Waals surface area contributed by atoms with Crippen LogP contribution in [0.3, 0.4) is 0 Å². The maximum Gasteiger partial charge on any atom is 0.217 e. The number of amides is 4. The van der Waals surface area contributed by atoms with E-state index in [-0.39, 0.29) is 13.0 Å². The van der Waals surface area contributed by atoms with Gasteiger partial charge >= 0.3 is 0 Å². The van der Waals surface area contributed by atoms with E-state index in [0.29, 0.717) is 0 Å². The molecule has 0 radical (unpaired) electrons. The van der Waals surface area contributed by atoms with Crippen LogP contribution in [0, 0.1) is 0 Å². The Morgan fingerprint density at radius 2 is 1.11 bits per heavy atom. The third-order valence-corrected chi connectivity index (χ3v) is 7.81. The Bertz CT molecular complexity index is 1050. The number of carbonyl (C=O) groups is 4. The van der Waals surface area contributed by atoms with Crippen LogP contribution in [-0.2, 0) is 38.1 Å². The van der Waals surface area contributed by atoms with Gasteiger partial charge in [0.1, 0.15) is 61.0 Å². The van der Waals surface area contributed by atoms with E-state index < -0.39 is 122 Å². The lowest BCUT2D eigenvalue weighted by Gasteiger charge is -2.49. The molecule has 1 aliphatic carbocycles. The monoisotopic (exact) mass is 652 g/mol. The molecular weight excluding hydrogens is 608 g/mol. The minimum atomic E-state index is -1.86. The molecule has 0 bridgehead atoms. The summed E-state index contributed by atoms with van der Waals surface area (Å²) in [4.78, 5) is 47.4. The zero-order chi connectivity index (χ0) is 33.7. The Hall–Kier alpha value is -2.56. The summed E-state index contributed by atoms with van der Waals surface area (Å²) in [6.07, 6.45) is -19.5. The van der Waals surface area contributed by atoms with Crippen molar-refractivity contribution in [2.45, 2.75) is 126 Å². The second kappa shape index (κ2) is 15.8. The van der Waals surface area contributed by atoms with Gasteiger partial charge in [-0.1, -0.05) is 0 Å². The number of ether oxygens (including phenoxy) is 4. The molecule has 2 aliphatic heterocycles. The highest BCUT2D eigenvalue weighted by atomic mass is 16.7. The van der Waals surface area contributed by atoms with Crippen molar-refractivity contribution >= 4 is 23.6 Å². The minimum Gasteiger partial charge on any atom is -0.394 e. The van der Waals surface area contributed by atoms with E-state index in [1.54, 1.807) is 0 Å². The highest BCUT2D eigenvalue weighted by molar-refractivity contribution is 5.74. The third-order valence-electron chi connectivity index (χ3n) is 7.81. The fourth-order valence-electron chi connectivity index (χ4n) is 5.72. The summed E-state index contributed by atoms with van der Waals surface area (Å²) in [5.41, 5.74) is 0. The average Bonchev–Trinajstić information content (AvgIpc) is 2.94. The van der Waals surface area contributed by atoms with Gasteiger partial charge in [0.05, 0.1) is 24.7 Å². The van der Waals surface area contributed by atoms with Gasteiger partial charge in [0, 0.05) is 34.2 Å². The van der Waals surface area contributed by atoms with Gasteiger partial charge in [-0.3, -0.25) is 19.2 Å². The first kappa shape index (κ1) is 36.9. The molecule has 258 valence electrons. The van der Waals surface area contributed by atoms with Crippen LogP contribution in [0.15, 0.2) is 0 Å². The molecule has 19 nitrogen and oxygen atoms in total. The van der Waals surface area contributed by atoms with Crippen molar-refractivity contribution in [3.8, 4) is 0 Å². The fourth-order valence-corrected chi connectivity index (χ4v) is 5.72. The summed E-state index contributed by atoms with van der Waals surface area (Å²) in [6.45, 7) is 3.70. The molecule has 0 aromatic rings. The quantitative estimate of drug-likeness (QED) is 0.105. The van der Waals surface area contributed by atoms with Crippen molar-refractivity contribution in [2.24, 2.45) is 0 Å². The van der Waals surface area contributed by atoms with Crippen LogP contribution in [-0.4, -0.2) is 164 Å². The number of aliphatic hydroxyl groups excluding tert-OH is 7. The van der Waals surface area contributed by atoms with Gasteiger partial charge < -0.3 is 76.0 Å². The predicted octanol–water partition coefficient (Wildman–Crippen LogP) is -6.58. The van der Waals surface area contributed by atoms with Crippen LogP contribution in [0.2, 0.25) is 0 Å². The number of hydrogen-bond acceptors (Lipinski definition) is 15. The van der Waals surface area contributed by atoms with Crippen LogP contribution in [0.5, 0.6) is 0 Å². The van der Waals surface area contributed by atoms with Crippen molar-refractivity contribution in [3.63, 3.8) is 0 Å². The van der Waals surface area contributed by atoms with Gasteiger partial charge in [0.2, 0.25) is 23.6 Å². The second-order valence-corrected chi connectivity index (χ2v) is 11.4. The standard InChI is InChI=1S/C26H44N4O15/c1-8(32)27-6-14-18(37)20(39)21(40)26(42-14)45-24-13(29-10(3)34)5-12(28-9(2)33)23(22(24)41)44-25-19(38)16(30-11(4)35)17(36)15(7-31)43-25/h12-26,31,36-41H,5-7H2,1-4H3,(H,27,32)(H,28,33)(H,29,34)(H,30,35)/t12-,13+,14-,15-,16+,17-,18-,19-,20+,21-,22-,23+,24-,25-,26-/m1/s1. The maximum absolute atomic E-state index is 12.1. The van der Waals surface area contributed by atoms with Crippen LogP contribution < -0.4 is 21.3 Å². The SMILES string of the molecule is CC(=O)NC[C@H]1O[C@H](O[C@H]2[C@H](O)[C@@H](O[C@H]3O[C@H](CO)[C@@H](O)[C@H](NC(C)=O)[C@H]3O)[C@H](NC(C)=O)C[C@@H]2NC(C)=O)[C@H](O)[C@@H](O)[C@@H]1O. The molecule has 1 saturated carbocycles. The summed E-state index contributed by atoms with van der Waals surface area (Å²) >= 11 is 0. The highest BCUT2D eigenvalue weighted by Crippen LogP contribution is 2.33.